The summed E-state index contributed by atoms with van der Waals surface area (Å²) in [6, 6.07) is 8.63. The summed E-state index contributed by atoms with van der Waals surface area (Å²) in [5.74, 6) is 5.18. The molecule has 1 aromatic carbocycles. The van der Waals surface area contributed by atoms with Crippen molar-refractivity contribution in [3.05, 3.63) is 64.2 Å². The Balaban J connectivity index is 2.21. The van der Waals surface area contributed by atoms with E-state index in [4.69, 9.17) is 17.4 Å². The highest BCUT2D eigenvalue weighted by Crippen LogP contribution is 2.23. The van der Waals surface area contributed by atoms with Gasteiger partial charge in [-0.3, -0.25) is 16.3 Å². The summed E-state index contributed by atoms with van der Waals surface area (Å²) in [6.07, 6.45) is 1.77. The summed E-state index contributed by atoms with van der Waals surface area (Å²) in [6.45, 7) is 1.98. The van der Waals surface area contributed by atoms with Crippen molar-refractivity contribution in [2.45, 2.75) is 19.4 Å². The van der Waals surface area contributed by atoms with Crippen LogP contribution in [0.15, 0.2) is 36.5 Å². The average molecular weight is 280 g/mol. The number of nitrogens with two attached hydrogens (primary N) is 1. The number of aromatic nitrogens is 1. The molecule has 0 bridgehead atoms. The van der Waals surface area contributed by atoms with Crippen molar-refractivity contribution >= 4 is 11.6 Å². The van der Waals surface area contributed by atoms with Crippen LogP contribution in [-0.2, 0) is 6.42 Å². The van der Waals surface area contributed by atoms with Crippen LogP contribution in [0.3, 0.4) is 0 Å². The quantitative estimate of drug-likeness (QED) is 0.668. The summed E-state index contributed by atoms with van der Waals surface area (Å²) in [5.41, 5.74) is 5.44. The maximum Gasteiger partial charge on any atom is 0.141 e. The Morgan fingerprint density at radius 1 is 1.37 bits per heavy atom. The van der Waals surface area contributed by atoms with Crippen molar-refractivity contribution in [1.82, 2.24) is 10.4 Å². The maximum atomic E-state index is 12.9. The molecule has 3 N–H and O–H groups in total. The number of benzene rings is 1. The molecule has 1 aromatic heterocycles. The SMILES string of the molecule is Cc1ccc(CC(NN)c2ccc(F)cn2)c(Cl)c1. The second kappa shape index (κ2) is 6.10. The third-order valence-electron chi connectivity index (χ3n) is 2.94. The van der Waals surface area contributed by atoms with Crippen molar-refractivity contribution in [1.29, 1.82) is 0 Å². The lowest BCUT2D eigenvalue weighted by atomic mass is 10.0. The number of hydrogen-bond donors (Lipinski definition) is 2. The summed E-state index contributed by atoms with van der Waals surface area (Å²) in [7, 11) is 0. The minimum atomic E-state index is -0.368. The first-order chi connectivity index (χ1) is 9.10. The molecule has 0 saturated carbocycles. The Hall–Kier alpha value is -1.49. The molecule has 0 aliphatic carbocycles. The molecule has 0 saturated heterocycles. The number of halogens is 2. The van der Waals surface area contributed by atoms with Crippen LogP contribution in [0.2, 0.25) is 5.02 Å². The predicted octanol–water partition coefficient (Wildman–Crippen LogP) is 2.93. The Bertz CT molecular complexity index is 557. The fourth-order valence-electron chi connectivity index (χ4n) is 1.88. The molecule has 5 heteroatoms. The van der Waals surface area contributed by atoms with Gasteiger partial charge < -0.3 is 0 Å². The predicted molar refractivity (Wildman–Crippen MR) is 74.2 cm³/mol. The molecule has 0 aliphatic heterocycles. The van der Waals surface area contributed by atoms with Gasteiger partial charge in [0.2, 0.25) is 0 Å². The molecule has 0 spiro atoms. The summed E-state index contributed by atoms with van der Waals surface area (Å²) in [5, 5.41) is 0.697. The molecule has 1 unspecified atom stereocenters. The van der Waals surface area contributed by atoms with E-state index in [1.54, 1.807) is 6.07 Å². The number of hydrogen-bond acceptors (Lipinski definition) is 3. The highest BCUT2D eigenvalue weighted by atomic mass is 35.5. The molecule has 0 amide bonds. The van der Waals surface area contributed by atoms with Crippen molar-refractivity contribution in [2.75, 3.05) is 0 Å². The first kappa shape index (κ1) is 13.9. The standard InChI is InChI=1S/C14H15ClFN3/c1-9-2-3-10(12(15)6-9)7-14(19-17)13-5-4-11(16)8-18-13/h2-6,8,14,19H,7,17H2,1H3. The van der Waals surface area contributed by atoms with Gasteiger partial charge in [0.05, 0.1) is 17.9 Å². The summed E-state index contributed by atoms with van der Waals surface area (Å²) >= 11 is 6.19. The summed E-state index contributed by atoms with van der Waals surface area (Å²) < 4.78 is 12.9. The van der Waals surface area contributed by atoms with Gasteiger partial charge in [0, 0.05) is 5.02 Å². The van der Waals surface area contributed by atoms with Crippen molar-refractivity contribution in [3.8, 4) is 0 Å². The monoisotopic (exact) mass is 279 g/mol. The first-order valence-electron chi connectivity index (χ1n) is 5.92. The lowest BCUT2D eigenvalue weighted by Crippen LogP contribution is -2.30. The molecular weight excluding hydrogens is 265 g/mol. The topological polar surface area (TPSA) is 50.9 Å². The smallest absolute Gasteiger partial charge is 0.141 e. The van der Waals surface area contributed by atoms with Gasteiger partial charge in [-0.15, -0.1) is 0 Å². The largest absolute Gasteiger partial charge is 0.271 e. The van der Waals surface area contributed by atoms with Crippen LogP contribution in [0.5, 0.6) is 0 Å². The molecule has 19 heavy (non-hydrogen) atoms. The maximum absolute atomic E-state index is 12.9. The third-order valence-corrected chi connectivity index (χ3v) is 3.29. The van der Waals surface area contributed by atoms with Gasteiger partial charge in [-0.25, -0.2) is 4.39 Å². The van der Waals surface area contributed by atoms with E-state index in [-0.39, 0.29) is 11.9 Å². The molecule has 1 atom stereocenters. The third kappa shape index (κ3) is 3.50. The van der Waals surface area contributed by atoms with Crippen molar-refractivity contribution < 1.29 is 4.39 Å². The number of nitrogens with one attached hydrogen (secondary N) is 1. The Labute approximate surface area is 116 Å². The molecule has 100 valence electrons. The van der Waals surface area contributed by atoms with Crippen LogP contribution >= 0.6 is 11.6 Å². The lowest BCUT2D eigenvalue weighted by molar-refractivity contribution is 0.533. The Kier molecular flexibility index (Phi) is 4.47. The van der Waals surface area contributed by atoms with Gasteiger partial charge in [0.1, 0.15) is 5.82 Å². The van der Waals surface area contributed by atoms with Gasteiger partial charge >= 0.3 is 0 Å². The average Bonchev–Trinajstić information content (AvgIpc) is 2.39. The second-order valence-electron chi connectivity index (χ2n) is 4.42. The van der Waals surface area contributed by atoms with E-state index in [9.17, 15) is 4.39 Å². The minimum Gasteiger partial charge on any atom is -0.271 e. The van der Waals surface area contributed by atoms with Gasteiger partial charge in [0.25, 0.3) is 0 Å². The number of aryl methyl sites for hydroxylation is 1. The van der Waals surface area contributed by atoms with Crippen LogP contribution < -0.4 is 11.3 Å². The lowest BCUT2D eigenvalue weighted by Gasteiger charge is -2.16. The molecule has 2 aromatic rings. The number of pyridine rings is 1. The van der Waals surface area contributed by atoms with Crippen LogP contribution in [0.25, 0.3) is 0 Å². The van der Waals surface area contributed by atoms with Crippen molar-refractivity contribution in [2.24, 2.45) is 5.84 Å². The Morgan fingerprint density at radius 3 is 2.74 bits per heavy atom. The van der Waals surface area contributed by atoms with E-state index in [2.05, 4.69) is 10.4 Å². The van der Waals surface area contributed by atoms with Crippen molar-refractivity contribution in [3.63, 3.8) is 0 Å². The molecule has 0 aliphatic rings. The van der Waals surface area contributed by atoms with E-state index in [1.807, 2.05) is 25.1 Å². The summed E-state index contributed by atoms with van der Waals surface area (Å²) in [4.78, 5) is 4.03. The van der Waals surface area contributed by atoms with Crippen LogP contribution in [0.4, 0.5) is 4.39 Å². The zero-order chi connectivity index (χ0) is 13.8. The highest BCUT2D eigenvalue weighted by Gasteiger charge is 2.14. The van der Waals surface area contributed by atoms with E-state index >= 15 is 0 Å². The normalized spacial score (nSPS) is 12.4. The molecule has 1 heterocycles. The van der Waals surface area contributed by atoms with E-state index in [0.717, 1.165) is 11.1 Å². The zero-order valence-corrected chi connectivity index (χ0v) is 11.3. The zero-order valence-electron chi connectivity index (χ0n) is 10.5. The van der Waals surface area contributed by atoms with E-state index < -0.39 is 0 Å². The fourth-order valence-corrected chi connectivity index (χ4v) is 2.19. The van der Waals surface area contributed by atoms with Gasteiger partial charge in [-0.2, -0.15) is 0 Å². The molecule has 0 radical (unpaired) electrons. The second-order valence-corrected chi connectivity index (χ2v) is 4.83. The van der Waals surface area contributed by atoms with Gasteiger partial charge in [-0.05, 0) is 42.7 Å². The molecule has 3 nitrogen and oxygen atoms in total. The van der Waals surface area contributed by atoms with Crippen LogP contribution in [-0.4, -0.2) is 4.98 Å². The molecular formula is C14H15ClFN3. The molecule has 2 rings (SSSR count). The number of rotatable bonds is 4. The van der Waals surface area contributed by atoms with Crippen LogP contribution in [0.1, 0.15) is 22.9 Å². The van der Waals surface area contributed by atoms with E-state index in [1.165, 1.54) is 12.3 Å². The van der Waals surface area contributed by atoms with Crippen LogP contribution in [0, 0.1) is 12.7 Å². The van der Waals surface area contributed by atoms with Gasteiger partial charge in [-0.1, -0.05) is 23.7 Å². The van der Waals surface area contributed by atoms with E-state index in [0.29, 0.717) is 17.1 Å². The minimum absolute atomic E-state index is 0.208. The first-order valence-corrected chi connectivity index (χ1v) is 6.30. The fraction of sp³-hybridized carbons (Fsp3) is 0.214. The Morgan fingerprint density at radius 2 is 2.16 bits per heavy atom. The van der Waals surface area contributed by atoms with Gasteiger partial charge in [0.15, 0.2) is 0 Å². The number of nitrogens with zero attached hydrogens (tertiary/aromatic N) is 1. The molecule has 0 fully saturated rings. The highest BCUT2D eigenvalue weighted by molar-refractivity contribution is 6.31. The number of hydrazine groups is 1.